The zero-order chi connectivity index (χ0) is 19.0. The number of carbonyl (C=O) groups excluding carboxylic acids is 2. The molecule has 0 radical (unpaired) electrons. The summed E-state index contributed by atoms with van der Waals surface area (Å²) < 4.78 is 10.5. The third-order valence-electron chi connectivity index (χ3n) is 4.32. The van der Waals surface area contributed by atoms with E-state index in [4.69, 9.17) is 9.47 Å². The molecule has 1 aromatic rings. The maximum Gasteiger partial charge on any atom is 0.229 e. The Labute approximate surface area is 153 Å². The lowest BCUT2D eigenvalue weighted by atomic mass is 9.93. The number of ether oxygens (including phenoxy) is 2. The summed E-state index contributed by atoms with van der Waals surface area (Å²) in [4.78, 5) is 25.3. The second kappa shape index (κ2) is 7.47. The number of methoxy groups -OCH3 is 1. The highest BCUT2D eigenvalue weighted by Gasteiger charge is 2.46. The van der Waals surface area contributed by atoms with Crippen molar-refractivity contribution in [3.63, 3.8) is 0 Å². The molecule has 8 nitrogen and oxygen atoms in total. The van der Waals surface area contributed by atoms with Crippen molar-refractivity contribution in [1.82, 2.24) is 0 Å². The molecule has 26 heavy (non-hydrogen) atoms. The van der Waals surface area contributed by atoms with Crippen LogP contribution in [0.4, 0.5) is 0 Å². The Morgan fingerprint density at radius 1 is 1.04 bits per heavy atom. The molecule has 2 aliphatic rings. The van der Waals surface area contributed by atoms with Crippen molar-refractivity contribution in [2.24, 2.45) is 0 Å². The molecule has 0 amide bonds. The molecular formula is C17H18O8S. The van der Waals surface area contributed by atoms with E-state index in [0.717, 1.165) is 0 Å². The SMILES string of the molecule is COC1=C(S[C@@H]2O[C@H](CO)[C@@H](O)[C@H](O)[C@H]2O)C(=O)c2ccccc2C1=O. The number of ketones is 2. The van der Waals surface area contributed by atoms with Crippen LogP contribution < -0.4 is 0 Å². The topological polar surface area (TPSA) is 134 Å². The molecule has 1 saturated heterocycles. The van der Waals surface area contributed by atoms with Gasteiger partial charge in [0.05, 0.1) is 13.7 Å². The summed E-state index contributed by atoms with van der Waals surface area (Å²) in [5.74, 6) is -1.13. The number of hydrogen-bond donors (Lipinski definition) is 4. The Morgan fingerprint density at radius 2 is 1.65 bits per heavy atom. The first-order valence-corrected chi connectivity index (χ1v) is 8.72. The lowest BCUT2D eigenvalue weighted by Gasteiger charge is -2.40. The second-order valence-electron chi connectivity index (χ2n) is 5.88. The van der Waals surface area contributed by atoms with Gasteiger partial charge in [-0.15, -0.1) is 0 Å². The molecule has 1 aliphatic heterocycles. The van der Waals surface area contributed by atoms with Crippen molar-refractivity contribution in [3.8, 4) is 0 Å². The predicted octanol–water partition coefficient (Wildman–Crippen LogP) is -0.543. The first kappa shape index (κ1) is 19.0. The molecule has 4 N–H and O–H groups in total. The number of aliphatic hydroxyl groups is 4. The normalized spacial score (nSPS) is 31.8. The third-order valence-corrected chi connectivity index (χ3v) is 5.55. The first-order valence-electron chi connectivity index (χ1n) is 7.84. The minimum Gasteiger partial charge on any atom is -0.491 e. The van der Waals surface area contributed by atoms with Crippen molar-refractivity contribution in [3.05, 3.63) is 46.1 Å². The zero-order valence-corrected chi connectivity index (χ0v) is 14.5. The van der Waals surface area contributed by atoms with Crippen LogP contribution in [0.3, 0.4) is 0 Å². The lowest BCUT2D eigenvalue weighted by Crippen LogP contribution is -2.57. The Morgan fingerprint density at radius 3 is 2.23 bits per heavy atom. The van der Waals surface area contributed by atoms with Crippen LogP contribution in [0.2, 0.25) is 0 Å². The molecule has 0 unspecified atom stereocenters. The van der Waals surface area contributed by atoms with Crippen LogP contribution in [0.25, 0.3) is 0 Å². The van der Waals surface area contributed by atoms with Gasteiger partial charge >= 0.3 is 0 Å². The fourth-order valence-electron chi connectivity index (χ4n) is 2.90. The molecule has 140 valence electrons. The maximum absolute atomic E-state index is 12.8. The van der Waals surface area contributed by atoms with Gasteiger partial charge in [-0.25, -0.2) is 0 Å². The van der Waals surface area contributed by atoms with Crippen LogP contribution >= 0.6 is 11.8 Å². The Kier molecular flexibility index (Phi) is 5.47. The molecule has 9 heteroatoms. The number of Topliss-reactive ketones (excluding diaryl/α,β-unsaturated/α-hetero) is 2. The Bertz CT molecular complexity index is 759. The van der Waals surface area contributed by atoms with E-state index in [1.54, 1.807) is 12.1 Å². The minimum absolute atomic E-state index is 0.0690. The molecule has 0 spiro atoms. The number of hydrogen-bond acceptors (Lipinski definition) is 9. The molecule has 0 aromatic heterocycles. The maximum atomic E-state index is 12.8. The third kappa shape index (κ3) is 3.07. The van der Waals surface area contributed by atoms with Crippen molar-refractivity contribution >= 4 is 23.3 Å². The van der Waals surface area contributed by atoms with Gasteiger partial charge in [0.1, 0.15) is 34.8 Å². The van der Waals surface area contributed by atoms with E-state index in [1.807, 2.05) is 0 Å². The monoisotopic (exact) mass is 382 g/mol. The summed E-state index contributed by atoms with van der Waals surface area (Å²) >= 11 is 0.712. The molecular weight excluding hydrogens is 364 g/mol. The number of allylic oxidation sites excluding steroid dienone is 2. The van der Waals surface area contributed by atoms with Crippen molar-refractivity contribution in [2.45, 2.75) is 29.9 Å². The summed E-state index contributed by atoms with van der Waals surface area (Å²) in [6.45, 7) is -0.589. The summed E-state index contributed by atoms with van der Waals surface area (Å²) in [5, 5.41) is 39.2. The largest absolute Gasteiger partial charge is 0.491 e. The fourth-order valence-corrected chi connectivity index (χ4v) is 4.13. The minimum atomic E-state index is -1.58. The van der Waals surface area contributed by atoms with Crippen molar-refractivity contribution < 1.29 is 39.5 Å². The molecule has 0 bridgehead atoms. The van der Waals surface area contributed by atoms with Gasteiger partial charge in [0.2, 0.25) is 11.6 Å². The van der Waals surface area contributed by atoms with E-state index in [9.17, 15) is 30.0 Å². The highest BCUT2D eigenvalue weighted by Crippen LogP contribution is 2.39. The van der Waals surface area contributed by atoms with E-state index in [2.05, 4.69) is 0 Å². The smallest absolute Gasteiger partial charge is 0.229 e. The van der Waals surface area contributed by atoms with Gasteiger partial charge in [0.25, 0.3) is 0 Å². The second-order valence-corrected chi connectivity index (χ2v) is 6.99. The highest BCUT2D eigenvalue weighted by atomic mass is 32.2. The summed E-state index contributed by atoms with van der Waals surface area (Å²) in [5.41, 5.74) is -0.773. The van der Waals surface area contributed by atoms with Crippen LogP contribution in [-0.2, 0) is 9.47 Å². The van der Waals surface area contributed by atoms with Crippen molar-refractivity contribution in [1.29, 1.82) is 0 Å². The van der Waals surface area contributed by atoms with Crippen LogP contribution in [0.5, 0.6) is 0 Å². The first-order chi connectivity index (χ1) is 12.4. The molecule has 1 fully saturated rings. The van der Waals surface area contributed by atoms with Crippen molar-refractivity contribution in [2.75, 3.05) is 13.7 Å². The quantitative estimate of drug-likeness (QED) is 0.541. The number of thioether (sulfide) groups is 1. The summed E-state index contributed by atoms with van der Waals surface area (Å²) in [7, 11) is 1.25. The van der Waals surface area contributed by atoms with Gasteiger partial charge in [-0.2, -0.15) is 0 Å². The number of aliphatic hydroxyl groups excluding tert-OH is 4. The van der Waals surface area contributed by atoms with E-state index < -0.39 is 48.0 Å². The highest BCUT2D eigenvalue weighted by molar-refractivity contribution is 8.04. The van der Waals surface area contributed by atoms with Crippen LogP contribution in [0, 0.1) is 0 Å². The molecule has 3 rings (SSSR count). The van der Waals surface area contributed by atoms with E-state index in [1.165, 1.54) is 19.2 Å². The van der Waals surface area contributed by atoms with Gasteiger partial charge < -0.3 is 29.9 Å². The number of fused-ring (bicyclic) bond motifs is 1. The Hall–Kier alpha value is -1.75. The molecule has 5 atom stereocenters. The van der Waals surface area contributed by atoms with E-state index in [0.29, 0.717) is 11.8 Å². The van der Waals surface area contributed by atoms with Gasteiger partial charge in [-0.3, -0.25) is 9.59 Å². The standard InChI is InChI=1S/C17H18O8S/c1-24-15-10(19)7-4-2-3-5-8(7)11(20)16(15)26-17-14(23)13(22)12(21)9(6-18)25-17/h2-5,9,12-14,17-18,21-23H,6H2,1H3/t9-,12-,13+,14-,17+/m1/s1. The van der Waals surface area contributed by atoms with Crippen LogP contribution in [0.15, 0.2) is 34.9 Å². The predicted molar refractivity (Wildman–Crippen MR) is 90.5 cm³/mol. The van der Waals surface area contributed by atoms with Gasteiger partial charge in [-0.05, 0) is 0 Å². The summed E-state index contributed by atoms with van der Waals surface area (Å²) in [6.07, 6.45) is -5.73. The average molecular weight is 382 g/mol. The van der Waals surface area contributed by atoms with Gasteiger partial charge in [-0.1, -0.05) is 36.0 Å². The van der Waals surface area contributed by atoms with Gasteiger partial charge in [0, 0.05) is 11.1 Å². The zero-order valence-electron chi connectivity index (χ0n) is 13.7. The molecule has 1 heterocycles. The lowest BCUT2D eigenvalue weighted by molar-refractivity contribution is -0.205. The van der Waals surface area contributed by atoms with E-state index >= 15 is 0 Å². The number of rotatable bonds is 4. The Balaban J connectivity index is 1.95. The molecule has 1 aromatic carbocycles. The van der Waals surface area contributed by atoms with E-state index in [-0.39, 0.29) is 21.8 Å². The molecule has 0 saturated carbocycles. The summed E-state index contributed by atoms with van der Waals surface area (Å²) in [6, 6.07) is 6.28. The average Bonchev–Trinajstić information content (AvgIpc) is 2.66. The van der Waals surface area contributed by atoms with Crippen LogP contribution in [-0.4, -0.2) is 75.6 Å². The van der Waals surface area contributed by atoms with Crippen LogP contribution in [0.1, 0.15) is 20.7 Å². The number of carbonyl (C=O) groups is 2. The number of benzene rings is 1. The molecule has 1 aliphatic carbocycles. The van der Waals surface area contributed by atoms with Gasteiger partial charge in [0.15, 0.2) is 5.76 Å². The fraction of sp³-hybridized carbons (Fsp3) is 0.412.